The van der Waals surface area contributed by atoms with Gasteiger partial charge in [-0.2, -0.15) is 0 Å². The molecule has 0 bridgehead atoms. The van der Waals surface area contributed by atoms with E-state index in [4.69, 9.17) is 15.9 Å². The second-order valence-corrected chi connectivity index (χ2v) is 2.06. The van der Waals surface area contributed by atoms with Crippen LogP contribution in [0.2, 0.25) is 0 Å². The molecule has 0 aliphatic heterocycles. The Morgan fingerprint density at radius 3 is 2.11 bits per heavy atom. The zero-order chi connectivity index (χ0) is 7.44. The van der Waals surface area contributed by atoms with Gasteiger partial charge in [-0.3, -0.25) is 0 Å². The summed E-state index contributed by atoms with van der Waals surface area (Å²) in [6.45, 7) is 3.06. The molecule has 0 unspecified atom stereocenters. The van der Waals surface area contributed by atoms with Crippen LogP contribution in [0.1, 0.15) is 13.8 Å². The van der Waals surface area contributed by atoms with Crippen molar-refractivity contribution in [3.63, 3.8) is 0 Å². The van der Waals surface area contributed by atoms with Crippen LogP contribution in [0.15, 0.2) is 11.3 Å². The summed E-state index contributed by atoms with van der Waals surface area (Å²) in [5.74, 6) is 0.118. The van der Waals surface area contributed by atoms with Crippen molar-refractivity contribution < 1.29 is 10.2 Å². The molecule has 0 aromatic rings. The normalized spacial score (nSPS) is 16.9. The maximum atomic E-state index is 8.82. The minimum atomic E-state index is -0.264. The average molecular weight is 131 g/mol. The van der Waals surface area contributed by atoms with Gasteiger partial charge in [0.15, 0.2) is 0 Å². The third-order valence-corrected chi connectivity index (χ3v) is 1.18. The Labute approximate surface area is 54.8 Å². The molecule has 0 amide bonds. The Kier molecular flexibility index (Phi) is 3.27. The van der Waals surface area contributed by atoms with Gasteiger partial charge < -0.3 is 15.9 Å². The predicted molar refractivity (Wildman–Crippen MR) is 36.1 cm³/mol. The van der Waals surface area contributed by atoms with Gasteiger partial charge in [-0.05, 0) is 13.8 Å². The van der Waals surface area contributed by atoms with Crippen LogP contribution in [-0.2, 0) is 0 Å². The molecular weight excluding hydrogens is 118 g/mol. The molecule has 0 saturated heterocycles. The van der Waals surface area contributed by atoms with Crippen LogP contribution in [0, 0.1) is 0 Å². The number of rotatable bonds is 2. The second-order valence-electron chi connectivity index (χ2n) is 2.06. The Hall–Kier alpha value is -0.540. The molecule has 1 atom stereocenters. The standard InChI is InChI=1S/C6H13NO2/c1-4(7)6(3-8)5(2)9/h4,8-9H,3,7H2,1-2H3/b6-5-/t4-/m0/s1. The lowest BCUT2D eigenvalue weighted by molar-refractivity contribution is 0.306. The number of nitrogens with two attached hydrogens (primary N) is 1. The molecule has 0 radical (unpaired) electrons. The van der Waals surface area contributed by atoms with E-state index in [1.807, 2.05) is 0 Å². The highest BCUT2D eigenvalue weighted by Gasteiger charge is 2.04. The van der Waals surface area contributed by atoms with Crippen LogP contribution < -0.4 is 5.73 Å². The van der Waals surface area contributed by atoms with Gasteiger partial charge in [0.25, 0.3) is 0 Å². The Morgan fingerprint density at radius 2 is 2.11 bits per heavy atom. The highest BCUT2D eigenvalue weighted by Crippen LogP contribution is 2.02. The Bertz CT molecular complexity index is 114. The molecule has 3 nitrogen and oxygen atoms in total. The molecule has 0 saturated carbocycles. The summed E-state index contributed by atoms with van der Waals surface area (Å²) in [4.78, 5) is 0. The molecule has 0 heterocycles. The molecule has 0 rings (SSSR count). The van der Waals surface area contributed by atoms with Gasteiger partial charge in [0.05, 0.1) is 12.4 Å². The van der Waals surface area contributed by atoms with Gasteiger partial charge in [0.1, 0.15) is 0 Å². The quantitative estimate of drug-likeness (QED) is 0.467. The fourth-order valence-electron chi connectivity index (χ4n) is 0.588. The maximum absolute atomic E-state index is 8.82. The highest BCUT2D eigenvalue weighted by molar-refractivity contribution is 5.11. The summed E-state index contributed by atoms with van der Waals surface area (Å²) in [5, 5.41) is 17.4. The molecule has 54 valence electrons. The summed E-state index contributed by atoms with van der Waals surface area (Å²) in [7, 11) is 0. The second kappa shape index (κ2) is 3.48. The lowest BCUT2D eigenvalue weighted by Crippen LogP contribution is -2.21. The number of aliphatic hydroxyl groups is 2. The van der Waals surface area contributed by atoms with Gasteiger partial charge in [0, 0.05) is 11.6 Å². The number of allylic oxidation sites excluding steroid dienone is 1. The van der Waals surface area contributed by atoms with E-state index in [2.05, 4.69) is 0 Å². The lowest BCUT2D eigenvalue weighted by atomic mass is 10.1. The number of hydrogen-bond donors (Lipinski definition) is 3. The van der Waals surface area contributed by atoms with Gasteiger partial charge in [-0.25, -0.2) is 0 Å². The minimum absolute atomic E-state index is 0.118. The fraction of sp³-hybridized carbons (Fsp3) is 0.667. The molecule has 3 heteroatoms. The Morgan fingerprint density at radius 1 is 1.67 bits per heavy atom. The van der Waals surface area contributed by atoms with Crippen LogP contribution in [0.5, 0.6) is 0 Å². The third-order valence-electron chi connectivity index (χ3n) is 1.18. The van der Waals surface area contributed by atoms with Gasteiger partial charge in [-0.1, -0.05) is 0 Å². The van der Waals surface area contributed by atoms with E-state index in [0.717, 1.165) is 0 Å². The lowest BCUT2D eigenvalue weighted by Gasteiger charge is -2.07. The largest absolute Gasteiger partial charge is 0.513 e. The van der Waals surface area contributed by atoms with Crippen molar-refractivity contribution in [2.75, 3.05) is 6.61 Å². The van der Waals surface area contributed by atoms with E-state index in [1.165, 1.54) is 6.92 Å². The van der Waals surface area contributed by atoms with E-state index >= 15 is 0 Å². The van der Waals surface area contributed by atoms with Crippen LogP contribution >= 0.6 is 0 Å². The fourth-order valence-corrected chi connectivity index (χ4v) is 0.588. The minimum Gasteiger partial charge on any atom is -0.513 e. The van der Waals surface area contributed by atoms with Crippen molar-refractivity contribution in [2.24, 2.45) is 5.73 Å². The van der Waals surface area contributed by atoms with Gasteiger partial charge >= 0.3 is 0 Å². The molecule has 9 heavy (non-hydrogen) atoms. The topological polar surface area (TPSA) is 66.5 Å². The van der Waals surface area contributed by atoms with Gasteiger partial charge in [0.2, 0.25) is 0 Å². The molecular formula is C6H13NO2. The highest BCUT2D eigenvalue weighted by atomic mass is 16.3. The molecule has 0 fully saturated rings. The van der Waals surface area contributed by atoms with Crippen LogP contribution in [0.3, 0.4) is 0 Å². The zero-order valence-electron chi connectivity index (χ0n) is 5.76. The summed E-state index contributed by atoms with van der Waals surface area (Å²) < 4.78 is 0. The van der Waals surface area contributed by atoms with Crippen molar-refractivity contribution in [1.29, 1.82) is 0 Å². The molecule has 0 aliphatic carbocycles. The molecule has 0 spiro atoms. The monoisotopic (exact) mass is 131 g/mol. The summed E-state index contributed by atoms with van der Waals surface area (Å²) >= 11 is 0. The molecule has 4 N–H and O–H groups in total. The van der Waals surface area contributed by atoms with E-state index in [0.29, 0.717) is 5.57 Å². The Balaban J connectivity index is 4.16. The first-order chi connectivity index (χ1) is 4.09. The first kappa shape index (κ1) is 8.46. The average Bonchev–Trinajstić information content (AvgIpc) is 1.64. The van der Waals surface area contributed by atoms with Crippen LogP contribution in [0.4, 0.5) is 0 Å². The first-order valence-electron chi connectivity index (χ1n) is 2.84. The van der Waals surface area contributed by atoms with Crippen molar-refractivity contribution in [1.82, 2.24) is 0 Å². The maximum Gasteiger partial charge on any atom is 0.0922 e. The van der Waals surface area contributed by atoms with Crippen molar-refractivity contribution in [3.8, 4) is 0 Å². The first-order valence-corrected chi connectivity index (χ1v) is 2.84. The van der Waals surface area contributed by atoms with Gasteiger partial charge in [-0.15, -0.1) is 0 Å². The zero-order valence-corrected chi connectivity index (χ0v) is 5.76. The number of aliphatic hydroxyl groups excluding tert-OH is 2. The van der Waals surface area contributed by atoms with Crippen molar-refractivity contribution in [2.45, 2.75) is 19.9 Å². The van der Waals surface area contributed by atoms with E-state index < -0.39 is 0 Å². The van der Waals surface area contributed by atoms with Crippen LogP contribution in [-0.4, -0.2) is 22.9 Å². The predicted octanol–water partition coefficient (Wildman–Crippen LogP) is 0.158. The summed E-state index contributed by atoms with van der Waals surface area (Å²) in [5.41, 5.74) is 5.87. The summed E-state index contributed by atoms with van der Waals surface area (Å²) in [6.07, 6.45) is 0. The molecule has 0 aromatic carbocycles. The summed E-state index contributed by atoms with van der Waals surface area (Å²) in [6, 6.07) is -0.264. The third kappa shape index (κ3) is 2.49. The van der Waals surface area contributed by atoms with E-state index in [1.54, 1.807) is 6.92 Å². The molecule has 0 aliphatic rings. The number of hydrogen-bond acceptors (Lipinski definition) is 3. The smallest absolute Gasteiger partial charge is 0.0922 e. The van der Waals surface area contributed by atoms with Crippen LogP contribution in [0.25, 0.3) is 0 Å². The van der Waals surface area contributed by atoms with Crippen molar-refractivity contribution >= 4 is 0 Å². The SMILES string of the molecule is C/C(O)=C(\CO)[C@H](C)N. The van der Waals surface area contributed by atoms with E-state index in [9.17, 15) is 0 Å². The van der Waals surface area contributed by atoms with Crippen molar-refractivity contribution in [3.05, 3.63) is 11.3 Å². The molecule has 0 aromatic heterocycles. The van der Waals surface area contributed by atoms with E-state index in [-0.39, 0.29) is 18.4 Å².